The highest BCUT2D eigenvalue weighted by Gasteiger charge is 1.43. The van der Waals surface area contributed by atoms with Crippen LogP contribution in [-0.4, -0.2) is 0 Å². The van der Waals surface area contributed by atoms with Gasteiger partial charge in [0.2, 0.25) is 0 Å². The minimum absolute atomic E-state index is 1.69. The number of allylic oxidation sites excluding steroid dienone is 3. The van der Waals surface area contributed by atoms with Crippen LogP contribution >= 0.6 is 0 Å². The van der Waals surface area contributed by atoms with Crippen LogP contribution in [0.5, 0.6) is 0 Å². The van der Waals surface area contributed by atoms with Gasteiger partial charge in [-0.3, -0.25) is 0 Å². The monoisotopic (exact) mass is 67.1 g/mol. The molecular weight excluding hydrogens is 60.1 g/mol. The molecule has 0 aromatic rings. The number of rotatable bonds is 1. The summed E-state index contributed by atoms with van der Waals surface area (Å²) in [6, 6.07) is 0. The van der Waals surface area contributed by atoms with Gasteiger partial charge in [0.05, 0.1) is 0 Å². The minimum atomic E-state index is 1.69. The summed E-state index contributed by atoms with van der Waals surface area (Å²) in [4.78, 5) is 0. The zero-order valence-electron chi connectivity index (χ0n) is 3.36. The maximum Gasteiger partial charge on any atom is -0.0395 e. The average molecular weight is 67.1 g/mol. The lowest BCUT2D eigenvalue weighted by Crippen LogP contribution is -1.35. The van der Waals surface area contributed by atoms with E-state index in [9.17, 15) is 0 Å². The van der Waals surface area contributed by atoms with E-state index in [0.29, 0.717) is 0 Å². The molecule has 0 bridgehead atoms. The van der Waals surface area contributed by atoms with Crippen molar-refractivity contribution < 1.29 is 0 Å². The highest BCUT2D eigenvalue weighted by Crippen LogP contribution is 1.62. The van der Waals surface area contributed by atoms with Crippen molar-refractivity contribution in [1.82, 2.24) is 0 Å². The van der Waals surface area contributed by atoms with Gasteiger partial charge < -0.3 is 0 Å². The van der Waals surface area contributed by atoms with E-state index in [0.717, 1.165) is 0 Å². The van der Waals surface area contributed by atoms with E-state index >= 15 is 0 Å². The summed E-state index contributed by atoms with van der Waals surface area (Å²) in [5.41, 5.74) is 0. The molecule has 0 saturated heterocycles. The minimum Gasteiger partial charge on any atom is -0.0991 e. The van der Waals surface area contributed by atoms with E-state index in [1.165, 1.54) is 0 Å². The fourth-order valence-electron chi connectivity index (χ4n) is 0.118. The second-order valence-corrected chi connectivity index (χ2v) is 0.691. The van der Waals surface area contributed by atoms with Crippen molar-refractivity contribution in [2.45, 2.75) is 6.92 Å². The Bertz CT molecular complexity index is 42.0. The Hall–Kier alpha value is -0.520. The standard InChI is InChI=1S/C5H7/c1-3-5-4-2/h3,5H,1H2,2H3. The van der Waals surface area contributed by atoms with Crippen molar-refractivity contribution in [1.29, 1.82) is 0 Å². The van der Waals surface area contributed by atoms with Gasteiger partial charge in [0.15, 0.2) is 0 Å². The van der Waals surface area contributed by atoms with Gasteiger partial charge in [-0.05, 0) is 13.0 Å². The van der Waals surface area contributed by atoms with Gasteiger partial charge >= 0.3 is 0 Å². The Balaban J connectivity index is 2.92. The fraction of sp³-hybridized carbons (Fsp3) is 0.200. The first-order valence-corrected chi connectivity index (χ1v) is 1.53. The molecule has 0 aromatic heterocycles. The molecule has 0 amide bonds. The predicted molar refractivity (Wildman–Crippen MR) is 23.7 cm³/mol. The van der Waals surface area contributed by atoms with Crippen molar-refractivity contribution in [2.24, 2.45) is 0 Å². The molecule has 0 unspecified atom stereocenters. The normalized spacial score (nSPS) is 9.00. The van der Waals surface area contributed by atoms with Crippen molar-refractivity contribution in [2.75, 3.05) is 0 Å². The Morgan fingerprint density at radius 3 is 2.40 bits per heavy atom. The topological polar surface area (TPSA) is 0 Å². The highest BCUT2D eigenvalue weighted by molar-refractivity contribution is 4.90. The molecule has 0 nitrogen and oxygen atoms in total. The summed E-state index contributed by atoms with van der Waals surface area (Å²) in [5, 5.41) is 0. The molecule has 0 spiro atoms. The van der Waals surface area contributed by atoms with Crippen LogP contribution in [0.3, 0.4) is 0 Å². The van der Waals surface area contributed by atoms with Gasteiger partial charge in [-0.25, -0.2) is 0 Å². The van der Waals surface area contributed by atoms with Crippen LogP contribution in [-0.2, 0) is 0 Å². The van der Waals surface area contributed by atoms with Crippen LogP contribution < -0.4 is 0 Å². The van der Waals surface area contributed by atoms with Crippen molar-refractivity contribution in [3.8, 4) is 0 Å². The molecule has 27 valence electrons. The van der Waals surface area contributed by atoms with E-state index in [4.69, 9.17) is 0 Å². The van der Waals surface area contributed by atoms with E-state index in [1.54, 1.807) is 12.2 Å². The van der Waals surface area contributed by atoms with Gasteiger partial charge in [-0.15, -0.1) is 0 Å². The maximum absolute atomic E-state index is 3.43. The summed E-state index contributed by atoms with van der Waals surface area (Å²) < 4.78 is 0. The van der Waals surface area contributed by atoms with Gasteiger partial charge in [0, 0.05) is 0 Å². The molecule has 0 heteroatoms. The Labute approximate surface area is 32.8 Å². The van der Waals surface area contributed by atoms with Crippen molar-refractivity contribution >= 4 is 0 Å². The van der Waals surface area contributed by atoms with E-state index < -0.39 is 0 Å². The molecule has 0 aromatic carbocycles. The SMILES string of the molecule is C=C/C=[C]\C. The summed E-state index contributed by atoms with van der Waals surface area (Å²) in [7, 11) is 0. The third-order valence-corrected chi connectivity index (χ3v) is 0.285. The highest BCUT2D eigenvalue weighted by atomic mass is 13.5. The molecule has 0 aliphatic carbocycles. The van der Waals surface area contributed by atoms with Crippen LogP contribution in [0.2, 0.25) is 0 Å². The predicted octanol–water partition coefficient (Wildman–Crippen LogP) is 1.55. The molecule has 0 heterocycles. The quantitative estimate of drug-likeness (QED) is 0.408. The average Bonchev–Trinajstić information content (AvgIpc) is 1.41. The second kappa shape index (κ2) is 3.48. The first-order chi connectivity index (χ1) is 2.41. The van der Waals surface area contributed by atoms with Crippen LogP contribution in [0.15, 0.2) is 18.7 Å². The van der Waals surface area contributed by atoms with E-state index in [2.05, 4.69) is 12.7 Å². The lowest BCUT2D eigenvalue weighted by atomic mass is 10.5. The van der Waals surface area contributed by atoms with Crippen molar-refractivity contribution in [3.05, 3.63) is 24.8 Å². The molecule has 0 atom stereocenters. The van der Waals surface area contributed by atoms with Crippen LogP contribution in [0.4, 0.5) is 0 Å². The molecule has 0 rings (SSSR count). The zero-order valence-corrected chi connectivity index (χ0v) is 3.36. The molecule has 0 N–H and O–H groups in total. The molecular formula is C5H7. The molecule has 5 heavy (non-hydrogen) atoms. The maximum atomic E-state index is 3.43. The van der Waals surface area contributed by atoms with Crippen LogP contribution in [0.1, 0.15) is 6.92 Å². The molecule has 0 aliphatic heterocycles. The third-order valence-electron chi connectivity index (χ3n) is 0.285. The van der Waals surface area contributed by atoms with E-state index in [1.807, 2.05) is 6.92 Å². The van der Waals surface area contributed by atoms with Crippen LogP contribution in [0.25, 0.3) is 0 Å². The summed E-state index contributed by atoms with van der Waals surface area (Å²) in [6.45, 7) is 5.27. The molecule has 0 saturated carbocycles. The molecule has 0 fully saturated rings. The van der Waals surface area contributed by atoms with Gasteiger partial charge in [0.25, 0.3) is 0 Å². The Morgan fingerprint density at radius 1 is 1.80 bits per heavy atom. The first-order valence-electron chi connectivity index (χ1n) is 1.53. The third kappa shape index (κ3) is 3.48. The fourth-order valence-corrected chi connectivity index (χ4v) is 0.118. The van der Waals surface area contributed by atoms with Crippen molar-refractivity contribution in [3.63, 3.8) is 0 Å². The summed E-state index contributed by atoms with van der Waals surface area (Å²) >= 11 is 0. The van der Waals surface area contributed by atoms with Gasteiger partial charge in [-0.1, -0.05) is 18.7 Å². The summed E-state index contributed by atoms with van der Waals surface area (Å²) in [6.07, 6.45) is 6.23. The second-order valence-electron chi connectivity index (χ2n) is 0.691. The number of hydrogen-bond donors (Lipinski definition) is 0. The van der Waals surface area contributed by atoms with Gasteiger partial charge in [-0.2, -0.15) is 0 Å². The number of hydrogen-bond acceptors (Lipinski definition) is 0. The molecule has 0 aliphatic rings. The smallest absolute Gasteiger partial charge is 0.0395 e. The zero-order chi connectivity index (χ0) is 4.12. The van der Waals surface area contributed by atoms with Crippen LogP contribution in [0, 0.1) is 6.08 Å². The lowest BCUT2D eigenvalue weighted by molar-refractivity contribution is 1.66. The Kier molecular flexibility index (Phi) is 3.12. The van der Waals surface area contributed by atoms with Gasteiger partial charge in [0.1, 0.15) is 0 Å². The summed E-state index contributed by atoms with van der Waals surface area (Å²) in [5.74, 6) is 0. The Morgan fingerprint density at radius 2 is 2.40 bits per heavy atom. The first kappa shape index (κ1) is 4.48. The molecule has 1 radical (unpaired) electrons. The lowest BCUT2D eigenvalue weighted by Gasteiger charge is -1.54. The van der Waals surface area contributed by atoms with E-state index in [-0.39, 0.29) is 0 Å². The largest absolute Gasteiger partial charge is 0.0991 e.